The van der Waals surface area contributed by atoms with Crippen molar-refractivity contribution < 1.29 is 13.2 Å². The fourth-order valence-corrected chi connectivity index (χ4v) is 2.00. The summed E-state index contributed by atoms with van der Waals surface area (Å²) in [5.74, 6) is 4.66. The van der Waals surface area contributed by atoms with Crippen LogP contribution in [0.25, 0.3) is 0 Å². The van der Waals surface area contributed by atoms with Crippen molar-refractivity contribution >= 4 is 21.6 Å². The molecule has 1 heterocycles. The van der Waals surface area contributed by atoms with Gasteiger partial charge in [-0.25, -0.2) is 12.7 Å². The topological polar surface area (TPSA) is 117 Å². The smallest absolute Gasteiger partial charge is 0.255 e. The Morgan fingerprint density at radius 2 is 2.16 bits per heavy atom. The number of amides is 1. The molecular weight excluding hydrogens is 270 g/mol. The van der Waals surface area contributed by atoms with Crippen LogP contribution in [0.15, 0.2) is 18.5 Å². The molecule has 106 valence electrons. The van der Waals surface area contributed by atoms with Crippen molar-refractivity contribution in [3.63, 3.8) is 0 Å². The van der Waals surface area contributed by atoms with Crippen LogP contribution in [-0.4, -0.2) is 50.0 Å². The van der Waals surface area contributed by atoms with E-state index < -0.39 is 15.9 Å². The molecule has 1 aromatic heterocycles. The molecule has 0 bridgehead atoms. The summed E-state index contributed by atoms with van der Waals surface area (Å²) < 4.78 is 24.1. The van der Waals surface area contributed by atoms with E-state index in [9.17, 15) is 13.2 Å². The number of rotatable bonds is 6. The Kier molecular flexibility index (Phi) is 5.21. The van der Waals surface area contributed by atoms with Crippen molar-refractivity contribution in [3.05, 3.63) is 24.0 Å². The molecular formula is C10H17N5O3S. The zero-order chi connectivity index (χ0) is 14.5. The predicted molar refractivity (Wildman–Crippen MR) is 71.9 cm³/mol. The van der Waals surface area contributed by atoms with Gasteiger partial charge in [-0.15, -0.1) is 0 Å². The predicted octanol–water partition coefficient (Wildman–Crippen LogP) is -1.01. The van der Waals surface area contributed by atoms with E-state index in [1.54, 1.807) is 6.07 Å². The van der Waals surface area contributed by atoms with E-state index in [-0.39, 0.29) is 17.9 Å². The number of sulfonamides is 1. The maximum Gasteiger partial charge on any atom is 0.255 e. The van der Waals surface area contributed by atoms with Crippen LogP contribution in [0, 0.1) is 0 Å². The maximum absolute atomic E-state index is 11.8. The van der Waals surface area contributed by atoms with E-state index in [0.717, 1.165) is 4.31 Å². The third-order valence-electron chi connectivity index (χ3n) is 2.42. The fraction of sp³-hybridized carbons (Fsp3) is 0.400. The number of nitrogens with one attached hydrogen (secondary N) is 2. The first-order chi connectivity index (χ1) is 8.88. The minimum atomic E-state index is -3.33. The molecule has 1 rings (SSSR count). The molecule has 8 nitrogen and oxygen atoms in total. The number of aromatic nitrogens is 1. The molecule has 0 spiro atoms. The van der Waals surface area contributed by atoms with Crippen LogP contribution in [0.4, 0.5) is 5.69 Å². The molecule has 1 aromatic rings. The number of pyridine rings is 1. The Hall–Kier alpha value is -1.71. The van der Waals surface area contributed by atoms with E-state index >= 15 is 0 Å². The quantitative estimate of drug-likeness (QED) is 0.456. The lowest BCUT2D eigenvalue weighted by atomic mass is 10.2. The lowest BCUT2D eigenvalue weighted by Gasteiger charge is -2.12. The van der Waals surface area contributed by atoms with E-state index in [0.29, 0.717) is 5.69 Å². The van der Waals surface area contributed by atoms with Crippen LogP contribution < -0.4 is 16.6 Å². The van der Waals surface area contributed by atoms with Gasteiger partial charge in [-0.05, 0) is 6.07 Å². The molecule has 4 N–H and O–H groups in total. The summed E-state index contributed by atoms with van der Waals surface area (Å²) in [6, 6.07) is 1.55. The highest BCUT2D eigenvalue weighted by Crippen LogP contribution is 2.11. The zero-order valence-corrected chi connectivity index (χ0v) is 11.6. The van der Waals surface area contributed by atoms with E-state index in [4.69, 9.17) is 5.84 Å². The highest BCUT2D eigenvalue weighted by molar-refractivity contribution is 7.89. The average molecular weight is 287 g/mol. The van der Waals surface area contributed by atoms with Gasteiger partial charge in [-0.1, -0.05) is 0 Å². The summed E-state index contributed by atoms with van der Waals surface area (Å²) in [6.07, 6.45) is 2.84. The van der Waals surface area contributed by atoms with Crippen LogP contribution >= 0.6 is 0 Å². The number of nitrogens with zero attached hydrogens (tertiary/aromatic N) is 2. The van der Waals surface area contributed by atoms with Gasteiger partial charge in [0.1, 0.15) is 0 Å². The van der Waals surface area contributed by atoms with Crippen molar-refractivity contribution in [1.29, 1.82) is 0 Å². The van der Waals surface area contributed by atoms with E-state index in [1.165, 1.54) is 26.5 Å². The van der Waals surface area contributed by atoms with Gasteiger partial charge in [-0.2, -0.15) is 0 Å². The number of anilines is 1. The number of carbonyl (C=O) groups excluding carboxylic acids is 1. The van der Waals surface area contributed by atoms with E-state index in [2.05, 4.69) is 15.7 Å². The average Bonchev–Trinajstić information content (AvgIpc) is 2.38. The first-order valence-electron chi connectivity index (χ1n) is 5.47. The molecule has 0 radical (unpaired) electrons. The van der Waals surface area contributed by atoms with Crippen molar-refractivity contribution in [2.24, 2.45) is 5.84 Å². The largest absolute Gasteiger partial charge is 0.351 e. The number of nitrogen functional groups attached to an aromatic ring is 1. The van der Waals surface area contributed by atoms with Crippen LogP contribution in [0.5, 0.6) is 0 Å². The maximum atomic E-state index is 11.8. The Balaban J connectivity index is 2.62. The monoisotopic (exact) mass is 287 g/mol. The van der Waals surface area contributed by atoms with Crippen molar-refractivity contribution in [2.45, 2.75) is 0 Å². The number of hydrogen-bond acceptors (Lipinski definition) is 6. The van der Waals surface area contributed by atoms with Crippen LogP contribution in [0.3, 0.4) is 0 Å². The summed E-state index contributed by atoms with van der Waals surface area (Å²) in [4.78, 5) is 15.6. The molecule has 0 saturated heterocycles. The van der Waals surface area contributed by atoms with Gasteiger partial charge in [0, 0.05) is 33.0 Å². The van der Waals surface area contributed by atoms with Gasteiger partial charge in [0.2, 0.25) is 10.0 Å². The third-order valence-corrected chi connectivity index (χ3v) is 4.26. The second-order valence-electron chi connectivity index (χ2n) is 3.92. The summed E-state index contributed by atoms with van der Waals surface area (Å²) in [5.41, 5.74) is 3.05. The summed E-state index contributed by atoms with van der Waals surface area (Å²) in [6.45, 7) is 0.0122. The van der Waals surface area contributed by atoms with Crippen molar-refractivity contribution in [1.82, 2.24) is 14.6 Å². The molecule has 1 amide bonds. The third kappa shape index (κ3) is 4.16. The van der Waals surface area contributed by atoms with Crippen molar-refractivity contribution in [3.8, 4) is 0 Å². The van der Waals surface area contributed by atoms with Gasteiger partial charge in [0.05, 0.1) is 17.0 Å². The molecule has 0 saturated carbocycles. The lowest BCUT2D eigenvalue weighted by molar-refractivity contribution is 0.0956. The molecule has 0 atom stereocenters. The Morgan fingerprint density at radius 1 is 1.47 bits per heavy atom. The molecule has 9 heteroatoms. The highest BCUT2D eigenvalue weighted by atomic mass is 32.2. The highest BCUT2D eigenvalue weighted by Gasteiger charge is 2.15. The number of hydrazine groups is 1. The summed E-state index contributed by atoms with van der Waals surface area (Å²) >= 11 is 0. The van der Waals surface area contributed by atoms with Gasteiger partial charge in [0.25, 0.3) is 5.91 Å². The van der Waals surface area contributed by atoms with Crippen LogP contribution in [-0.2, 0) is 10.0 Å². The molecule has 0 aliphatic heterocycles. The van der Waals surface area contributed by atoms with E-state index in [1.807, 2.05) is 0 Å². The molecule has 0 aliphatic rings. The molecule has 0 aromatic carbocycles. The zero-order valence-electron chi connectivity index (χ0n) is 10.8. The molecule has 0 unspecified atom stereocenters. The van der Waals surface area contributed by atoms with Crippen molar-refractivity contribution in [2.75, 3.05) is 31.8 Å². The number of carbonyl (C=O) groups is 1. The first-order valence-corrected chi connectivity index (χ1v) is 7.08. The molecule has 0 fully saturated rings. The number of hydrogen-bond donors (Lipinski definition) is 3. The fourth-order valence-electron chi connectivity index (χ4n) is 1.27. The number of nitrogens with two attached hydrogens (primary N) is 1. The standard InChI is InChI=1S/C10H17N5O3S/c1-15(2)19(17,18)6-5-13-10(16)8-7-12-4-3-9(8)14-11/h3-4,7H,5-6,11H2,1-2H3,(H,12,14)(H,13,16). The SMILES string of the molecule is CN(C)S(=O)(=O)CCNC(=O)c1cnccc1NN. The van der Waals surface area contributed by atoms with Gasteiger partial charge in [0.15, 0.2) is 0 Å². The molecule has 19 heavy (non-hydrogen) atoms. The molecule has 0 aliphatic carbocycles. The Labute approximate surface area is 112 Å². The Bertz CT molecular complexity index is 544. The second kappa shape index (κ2) is 6.45. The van der Waals surface area contributed by atoms with Gasteiger partial charge < -0.3 is 10.7 Å². The van der Waals surface area contributed by atoms with Crippen LogP contribution in [0.2, 0.25) is 0 Å². The van der Waals surface area contributed by atoms with Crippen LogP contribution in [0.1, 0.15) is 10.4 Å². The summed E-state index contributed by atoms with van der Waals surface area (Å²) in [5, 5.41) is 2.50. The van der Waals surface area contributed by atoms with Gasteiger partial charge >= 0.3 is 0 Å². The first kappa shape index (κ1) is 15.3. The summed E-state index contributed by atoms with van der Waals surface area (Å²) in [7, 11) is -0.451. The minimum Gasteiger partial charge on any atom is -0.351 e. The normalized spacial score (nSPS) is 11.4. The second-order valence-corrected chi connectivity index (χ2v) is 6.22. The minimum absolute atomic E-state index is 0.0122. The lowest BCUT2D eigenvalue weighted by Crippen LogP contribution is -2.34. The van der Waals surface area contributed by atoms with Gasteiger partial charge in [-0.3, -0.25) is 15.6 Å². The Morgan fingerprint density at radius 3 is 2.74 bits per heavy atom.